The van der Waals surface area contributed by atoms with Crippen LogP contribution in [0.5, 0.6) is 5.75 Å². The summed E-state index contributed by atoms with van der Waals surface area (Å²) < 4.78 is 24.8. The Hall–Kier alpha value is -1.90. The third-order valence-corrected chi connectivity index (χ3v) is 6.07. The van der Waals surface area contributed by atoms with Crippen LogP contribution in [-0.2, 0) is 4.74 Å². The predicted octanol–water partition coefficient (Wildman–Crippen LogP) is 5.57. The average Bonchev–Trinajstić information content (AvgIpc) is 2.78. The Morgan fingerprint density at radius 3 is 2.68 bits per heavy atom. The first kappa shape index (κ1) is 22.3. The molecule has 31 heavy (non-hydrogen) atoms. The zero-order valence-electron chi connectivity index (χ0n) is 16.5. The van der Waals surface area contributed by atoms with Gasteiger partial charge in [0.2, 0.25) is 0 Å². The van der Waals surface area contributed by atoms with Crippen molar-refractivity contribution < 1.29 is 13.9 Å². The summed E-state index contributed by atoms with van der Waals surface area (Å²) in [7, 11) is 0. The largest absolute Gasteiger partial charge is 0.492 e. The van der Waals surface area contributed by atoms with Crippen LogP contribution in [-0.4, -0.2) is 54.3 Å². The van der Waals surface area contributed by atoms with E-state index >= 15 is 0 Å². The van der Waals surface area contributed by atoms with Crippen LogP contribution in [0.4, 0.5) is 15.9 Å². The van der Waals surface area contributed by atoms with Gasteiger partial charge in [-0.2, -0.15) is 0 Å². The lowest BCUT2D eigenvalue weighted by molar-refractivity contribution is 0.0358. The second-order valence-corrected chi connectivity index (χ2v) is 8.19. The molecule has 0 aliphatic carbocycles. The van der Waals surface area contributed by atoms with Gasteiger partial charge in [-0.1, -0.05) is 34.8 Å². The number of halogens is 4. The van der Waals surface area contributed by atoms with Crippen molar-refractivity contribution in [1.82, 2.24) is 14.9 Å². The van der Waals surface area contributed by atoms with E-state index in [9.17, 15) is 4.39 Å². The number of hydrogen-bond acceptors (Lipinski definition) is 6. The number of hydrogen-bond donors (Lipinski definition) is 1. The summed E-state index contributed by atoms with van der Waals surface area (Å²) in [5.41, 5.74) is 1.06. The normalized spacial score (nSPS) is 14.7. The first-order valence-electron chi connectivity index (χ1n) is 9.80. The third kappa shape index (κ3) is 5.30. The van der Waals surface area contributed by atoms with Crippen molar-refractivity contribution in [3.63, 3.8) is 0 Å². The van der Waals surface area contributed by atoms with Crippen LogP contribution in [0.1, 0.15) is 6.42 Å². The Kier molecular flexibility index (Phi) is 7.30. The summed E-state index contributed by atoms with van der Waals surface area (Å²) in [5, 5.41) is 4.34. The fourth-order valence-corrected chi connectivity index (χ4v) is 3.95. The number of aromatic nitrogens is 2. The monoisotopic (exact) mass is 484 g/mol. The van der Waals surface area contributed by atoms with E-state index in [-0.39, 0.29) is 10.0 Å². The average molecular weight is 486 g/mol. The van der Waals surface area contributed by atoms with Gasteiger partial charge in [0.05, 0.1) is 35.4 Å². The predicted molar refractivity (Wildman–Crippen MR) is 122 cm³/mol. The van der Waals surface area contributed by atoms with Crippen molar-refractivity contribution in [3.8, 4) is 5.75 Å². The molecule has 0 bridgehead atoms. The maximum absolute atomic E-state index is 13.5. The number of anilines is 2. The Balaban J connectivity index is 1.53. The van der Waals surface area contributed by atoms with E-state index in [1.54, 1.807) is 12.1 Å². The molecule has 0 unspecified atom stereocenters. The second-order valence-electron chi connectivity index (χ2n) is 7.03. The number of fused-ring (bicyclic) bond motifs is 1. The first-order chi connectivity index (χ1) is 15.0. The molecule has 4 rings (SSSR count). The van der Waals surface area contributed by atoms with Crippen LogP contribution in [0.2, 0.25) is 15.1 Å². The van der Waals surface area contributed by atoms with Gasteiger partial charge in [0, 0.05) is 30.7 Å². The molecule has 1 N–H and O–H groups in total. The fraction of sp³-hybridized carbons (Fsp3) is 0.333. The maximum Gasteiger partial charge on any atom is 0.141 e. The highest BCUT2D eigenvalue weighted by Gasteiger charge is 2.17. The summed E-state index contributed by atoms with van der Waals surface area (Å²) in [6, 6.07) is 6.08. The standard InChI is InChI=1S/C21H20Cl3FN4O2/c22-15-10-13(2-3-16(15)25)28-21-14-11-17(18(23)19(24)20(14)26-12-27-21)31-7-1-4-29-5-8-30-9-6-29/h2-3,10-12H,1,4-9H2,(H,26,27,28). The van der Waals surface area contributed by atoms with Gasteiger partial charge in [-0.15, -0.1) is 0 Å². The van der Waals surface area contributed by atoms with Gasteiger partial charge < -0.3 is 14.8 Å². The molecule has 0 radical (unpaired) electrons. The van der Waals surface area contributed by atoms with Gasteiger partial charge in [0.1, 0.15) is 28.7 Å². The number of morpholine rings is 1. The van der Waals surface area contributed by atoms with E-state index in [2.05, 4.69) is 20.2 Å². The minimum absolute atomic E-state index is 0.00808. The molecule has 1 saturated heterocycles. The topological polar surface area (TPSA) is 59.5 Å². The van der Waals surface area contributed by atoms with Crippen LogP contribution in [0.25, 0.3) is 10.9 Å². The molecule has 0 spiro atoms. The molecule has 1 aliphatic heterocycles. The number of rotatable bonds is 7. The van der Waals surface area contributed by atoms with Crippen molar-refractivity contribution in [1.29, 1.82) is 0 Å². The van der Waals surface area contributed by atoms with Gasteiger partial charge in [-0.3, -0.25) is 4.90 Å². The smallest absolute Gasteiger partial charge is 0.141 e. The van der Waals surface area contributed by atoms with Crippen LogP contribution in [0.3, 0.4) is 0 Å². The SMILES string of the molecule is Fc1ccc(Nc2ncnc3c(Cl)c(Cl)c(OCCCN4CCOCC4)cc23)cc1Cl. The zero-order chi connectivity index (χ0) is 21.8. The number of ether oxygens (including phenoxy) is 2. The fourth-order valence-electron chi connectivity index (χ4n) is 3.32. The van der Waals surface area contributed by atoms with Crippen molar-refractivity contribution in [3.05, 3.63) is 51.5 Å². The van der Waals surface area contributed by atoms with E-state index in [1.807, 2.05) is 0 Å². The maximum atomic E-state index is 13.5. The third-order valence-electron chi connectivity index (χ3n) is 4.94. The number of benzene rings is 2. The lowest BCUT2D eigenvalue weighted by atomic mass is 10.2. The second kappa shape index (κ2) is 10.1. The highest BCUT2D eigenvalue weighted by atomic mass is 35.5. The summed E-state index contributed by atoms with van der Waals surface area (Å²) in [6.07, 6.45) is 2.22. The van der Waals surface area contributed by atoms with E-state index in [4.69, 9.17) is 44.3 Å². The molecule has 1 fully saturated rings. The Bertz CT molecular complexity index is 1080. The van der Waals surface area contributed by atoms with Crippen molar-refractivity contribution >= 4 is 57.2 Å². The molecule has 1 aromatic heterocycles. The number of nitrogens with one attached hydrogen (secondary N) is 1. The minimum Gasteiger partial charge on any atom is -0.492 e. The lowest BCUT2D eigenvalue weighted by Gasteiger charge is -2.26. The van der Waals surface area contributed by atoms with Gasteiger partial charge in [0.25, 0.3) is 0 Å². The van der Waals surface area contributed by atoms with Crippen LogP contribution >= 0.6 is 34.8 Å². The molecule has 1 aliphatic rings. The lowest BCUT2D eigenvalue weighted by Crippen LogP contribution is -2.37. The molecule has 2 heterocycles. The summed E-state index contributed by atoms with van der Waals surface area (Å²) in [4.78, 5) is 10.9. The minimum atomic E-state index is -0.498. The summed E-state index contributed by atoms with van der Waals surface area (Å²) in [6.45, 7) is 4.81. The Labute approximate surface area is 194 Å². The molecular formula is C21H20Cl3FN4O2. The summed E-state index contributed by atoms with van der Waals surface area (Å²) >= 11 is 18.8. The highest BCUT2D eigenvalue weighted by molar-refractivity contribution is 6.46. The van der Waals surface area contributed by atoms with Crippen molar-refractivity contribution in [2.24, 2.45) is 0 Å². The molecule has 10 heteroatoms. The van der Waals surface area contributed by atoms with Crippen LogP contribution in [0.15, 0.2) is 30.6 Å². The molecule has 0 saturated carbocycles. The Morgan fingerprint density at radius 1 is 1.10 bits per heavy atom. The highest BCUT2D eigenvalue weighted by Crippen LogP contribution is 2.40. The molecule has 6 nitrogen and oxygen atoms in total. The van der Waals surface area contributed by atoms with Crippen LogP contribution in [0, 0.1) is 5.82 Å². The quantitative estimate of drug-likeness (QED) is 0.441. The Morgan fingerprint density at radius 2 is 1.90 bits per heavy atom. The van der Waals surface area contributed by atoms with Crippen LogP contribution < -0.4 is 10.1 Å². The molecule has 164 valence electrons. The van der Waals surface area contributed by atoms with Gasteiger partial charge in [-0.25, -0.2) is 14.4 Å². The van der Waals surface area contributed by atoms with Crippen molar-refractivity contribution in [2.45, 2.75) is 6.42 Å². The van der Waals surface area contributed by atoms with E-state index in [0.717, 1.165) is 39.3 Å². The molecular weight excluding hydrogens is 466 g/mol. The van der Waals surface area contributed by atoms with Gasteiger partial charge in [0.15, 0.2) is 0 Å². The molecule has 2 aromatic carbocycles. The number of nitrogens with zero attached hydrogens (tertiary/aromatic N) is 3. The molecule has 0 atom stereocenters. The first-order valence-corrected chi connectivity index (χ1v) is 10.9. The molecule has 0 amide bonds. The van der Waals surface area contributed by atoms with E-state index < -0.39 is 5.82 Å². The molecule has 3 aromatic rings. The van der Waals surface area contributed by atoms with Gasteiger partial charge in [-0.05, 0) is 30.7 Å². The van der Waals surface area contributed by atoms with Gasteiger partial charge >= 0.3 is 0 Å². The van der Waals surface area contributed by atoms with E-state index in [0.29, 0.717) is 39.8 Å². The zero-order valence-corrected chi connectivity index (χ0v) is 18.8. The summed E-state index contributed by atoms with van der Waals surface area (Å²) in [5.74, 6) is 0.433. The van der Waals surface area contributed by atoms with Crippen molar-refractivity contribution in [2.75, 3.05) is 44.8 Å². The van der Waals surface area contributed by atoms with E-state index in [1.165, 1.54) is 18.5 Å².